The van der Waals surface area contributed by atoms with E-state index in [-0.39, 0.29) is 12.4 Å². The first kappa shape index (κ1) is 15.4. The highest BCUT2D eigenvalue weighted by atomic mass is 35.5. The summed E-state index contributed by atoms with van der Waals surface area (Å²) in [6.45, 7) is 6.12. The van der Waals surface area contributed by atoms with E-state index in [2.05, 4.69) is 15.5 Å². The van der Waals surface area contributed by atoms with Gasteiger partial charge in [-0.05, 0) is 26.8 Å². The van der Waals surface area contributed by atoms with Gasteiger partial charge in [-0.3, -0.25) is 5.10 Å². The maximum absolute atomic E-state index is 12.5. The van der Waals surface area contributed by atoms with Crippen LogP contribution in [0.15, 0.2) is 4.90 Å². The summed E-state index contributed by atoms with van der Waals surface area (Å²) in [5.74, 6) is 0. The minimum absolute atomic E-state index is 0. The summed E-state index contributed by atoms with van der Waals surface area (Å²) >= 11 is 0. The van der Waals surface area contributed by atoms with Gasteiger partial charge in [0.2, 0.25) is 10.0 Å². The number of rotatable bonds is 2. The number of aromatic nitrogens is 2. The SMILES string of the molecule is Cc1n[nH]c(C)c1S(=O)(=O)N1CCCNCC1.Cl. The Labute approximate surface area is 114 Å². The number of aryl methyl sites for hydroxylation is 2. The molecule has 0 amide bonds. The van der Waals surface area contributed by atoms with Crippen molar-refractivity contribution in [2.45, 2.75) is 25.2 Å². The first-order valence-electron chi connectivity index (χ1n) is 5.76. The molecule has 0 aromatic carbocycles. The number of halogens is 1. The van der Waals surface area contributed by atoms with E-state index in [9.17, 15) is 8.42 Å². The fourth-order valence-corrected chi connectivity index (χ4v) is 3.92. The molecule has 2 rings (SSSR count). The van der Waals surface area contributed by atoms with E-state index < -0.39 is 10.0 Å². The smallest absolute Gasteiger partial charge is 0.246 e. The lowest BCUT2D eigenvalue weighted by molar-refractivity contribution is 0.431. The maximum Gasteiger partial charge on any atom is 0.246 e. The second kappa shape index (κ2) is 6.01. The predicted molar refractivity (Wildman–Crippen MR) is 71.6 cm³/mol. The normalized spacial score (nSPS) is 18.1. The second-order valence-corrected chi connectivity index (χ2v) is 6.15. The molecular formula is C10H19ClN4O2S. The highest BCUT2D eigenvalue weighted by Crippen LogP contribution is 2.21. The number of aromatic amines is 1. The summed E-state index contributed by atoms with van der Waals surface area (Å²) in [7, 11) is -3.40. The van der Waals surface area contributed by atoms with Crippen LogP contribution in [0.5, 0.6) is 0 Å². The van der Waals surface area contributed by atoms with Crippen LogP contribution < -0.4 is 5.32 Å². The van der Waals surface area contributed by atoms with Crippen LogP contribution in [0.1, 0.15) is 17.8 Å². The Bertz CT molecular complexity index is 472. The second-order valence-electron chi connectivity index (χ2n) is 4.27. The number of hydrogen-bond donors (Lipinski definition) is 2. The molecule has 104 valence electrons. The van der Waals surface area contributed by atoms with E-state index in [1.807, 2.05) is 0 Å². The standard InChI is InChI=1S/C10H18N4O2S.ClH/c1-8-10(9(2)13-12-8)17(15,16)14-6-3-4-11-5-7-14;/h11H,3-7H2,1-2H3,(H,12,13);1H. The summed E-state index contributed by atoms with van der Waals surface area (Å²) < 4.78 is 26.5. The molecule has 1 fully saturated rings. The van der Waals surface area contributed by atoms with Gasteiger partial charge in [-0.2, -0.15) is 9.40 Å². The van der Waals surface area contributed by atoms with Crippen LogP contribution in [0.3, 0.4) is 0 Å². The summed E-state index contributed by atoms with van der Waals surface area (Å²) in [5.41, 5.74) is 1.15. The monoisotopic (exact) mass is 294 g/mol. The third-order valence-electron chi connectivity index (χ3n) is 2.96. The molecule has 6 nitrogen and oxygen atoms in total. The van der Waals surface area contributed by atoms with Crippen molar-refractivity contribution in [1.29, 1.82) is 0 Å². The Hall–Kier alpha value is -0.630. The third kappa shape index (κ3) is 2.85. The zero-order chi connectivity index (χ0) is 12.5. The number of sulfonamides is 1. The summed E-state index contributed by atoms with van der Waals surface area (Å²) in [5, 5.41) is 9.87. The molecule has 0 unspecified atom stereocenters. The average molecular weight is 295 g/mol. The Morgan fingerprint density at radius 2 is 1.94 bits per heavy atom. The lowest BCUT2D eigenvalue weighted by Gasteiger charge is -2.19. The molecule has 2 heterocycles. The minimum atomic E-state index is -3.40. The lowest BCUT2D eigenvalue weighted by Crippen LogP contribution is -2.34. The van der Waals surface area contributed by atoms with E-state index in [0.29, 0.717) is 35.9 Å². The van der Waals surface area contributed by atoms with Crippen LogP contribution in [-0.4, -0.2) is 49.1 Å². The highest BCUT2D eigenvalue weighted by molar-refractivity contribution is 7.89. The van der Waals surface area contributed by atoms with Crippen molar-refractivity contribution in [1.82, 2.24) is 19.8 Å². The minimum Gasteiger partial charge on any atom is -0.315 e. The molecule has 1 saturated heterocycles. The van der Waals surface area contributed by atoms with Gasteiger partial charge in [-0.1, -0.05) is 0 Å². The first-order chi connectivity index (χ1) is 8.03. The molecular weight excluding hydrogens is 276 g/mol. The Morgan fingerprint density at radius 3 is 2.56 bits per heavy atom. The summed E-state index contributed by atoms with van der Waals surface area (Å²) in [6.07, 6.45) is 0.842. The topological polar surface area (TPSA) is 78.1 Å². The van der Waals surface area contributed by atoms with E-state index in [1.165, 1.54) is 4.31 Å². The molecule has 0 radical (unpaired) electrons. The van der Waals surface area contributed by atoms with E-state index in [0.717, 1.165) is 13.0 Å². The maximum atomic E-state index is 12.5. The fourth-order valence-electron chi connectivity index (χ4n) is 2.11. The molecule has 2 N–H and O–H groups in total. The van der Waals surface area contributed by atoms with Gasteiger partial charge < -0.3 is 5.32 Å². The highest BCUT2D eigenvalue weighted by Gasteiger charge is 2.29. The predicted octanol–water partition coefficient (Wildman–Crippen LogP) is 0.432. The third-order valence-corrected chi connectivity index (χ3v) is 5.12. The zero-order valence-electron chi connectivity index (χ0n) is 10.6. The van der Waals surface area contributed by atoms with Crippen LogP contribution in [0.2, 0.25) is 0 Å². The first-order valence-corrected chi connectivity index (χ1v) is 7.20. The molecule has 0 saturated carbocycles. The molecule has 18 heavy (non-hydrogen) atoms. The Morgan fingerprint density at radius 1 is 1.22 bits per heavy atom. The van der Waals surface area contributed by atoms with Gasteiger partial charge in [0.1, 0.15) is 4.90 Å². The van der Waals surface area contributed by atoms with Crippen LogP contribution >= 0.6 is 12.4 Å². The zero-order valence-corrected chi connectivity index (χ0v) is 12.2. The van der Waals surface area contributed by atoms with Gasteiger partial charge in [-0.25, -0.2) is 8.42 Å². The van der Waals surface area contributed by atoms with E-state index in [4.69, 9.17) is 0 Å². The molecule has 0 spiro atoms. The lowest BCUT2D eigenvalue weighted by atomic mass is 10.4. The van der Waals surface area contributed by atoms with Crippen molar-refractivity contribution < 1.29 is 8.42 Å². The average Bonchev–Trinajstić information content (AvgIpc) is 2.53. The van der Waals surface area contributed by atoms with Crippen molar-refractivity contribution >= 4 is 22.4 Å². The molecule has 1 aromatic heterocycles. The van der Waals surface area contributed by atoms with Gasteiger partial charge in [0.05, 0.1) is 11.4 Å². The number of H-pyrrole nitrogens is 1. The quantitative estimate of drug-likeness (QED) is 0.829. The van der Waals surface area contributed by atoms with Crippen molar-refractivity contribution in [3.63, 3.8) is 0 Å². The number of nitrogens with zero attached hydrogens (tertiary/aromatic N) is 2. The van der Waals surface area contributed by atoms with Crippen molar-refractivity contribution in [2.24, 2.45) is 0 Å². The molecule has 0 bridgehead atoms. The van der Waals surface area contributed by atoms with Gasteiger partial charge in [0.25, 0.3) is 0 Å². The van der Waals surface area contributed by atoms with E-state index >= 15 is 0 Å². The molecule has 8 heteroatoms. The van der Waals surface area contributed by atoms with Crippen LogP contribution in [0.25, 0.3) is 0 Å². The Balaban J connectivity index is 0.00000162. The Kier molecular flexibility index (Phi) is 5.15. The molecule has 1 aliphatic heterocycles. The van der Waals surface area contributed by atoms with Crippen molar-refractivity contribution in [3.05, 3.63) is 11.4 Å². The summed E-state index contributed by atoms with van der Waals surface area (Å²) in [4.78, 5) is 0.333. The number of nitrogens with one attached hydrogen (secondary N) is 2. The fraction of sp³-hybridized carbons (Fsp3) is 0.700. The largest absolute Gasteiger partial charge is 0.315 e. The van der Waals surface area contributed by atoms with Gasteiger partial charge in [0.15, 0.2) is 0 Å². The van der Waals surface area contributed by atoms with Crippen LogP contribution in [0, 0.1) is 13.8 Å². The molecule has 1 aliphatic rings. The number of hydrogen-bond acceptors (Lipinski definition) is 4. The van der Waals surface area contributed by atoms with Crippen molar-refractivity contribution in [2.75, 3.05) is 26.2 Å². The van der Waals surface area contributed by atoms with Crippen LogP contribution in [0.4, 0.5) is 0 Å². The van der Waals surface area contributed by atoms with Gasteiger partial charge >= 0.3 is 0 Å². The van der Waals surface area contributed by atoms with Gasteiger partial charge in [-0.15, -0.1) is 12.4 Å². The van der Waals surface area contributed by atoms with E-state index in [1.54, 1.807) is 13.8 Å². The summed E-state index contributed by atoms with van der Waals surface area (Å²) in [6, 6.07) is 0. The molecule has 0 atom stereocenters. The molecule has 0 aliphatic carbocycles. The molecule has 1 aromatic rings. The van der Waals surface area contributed by atoms with Crippen molar-refractivity contribution in [3.8, 4) is 0 Å². The van der Waals surface area contributed by atoms with Gasteiger partial charge in [0, 0.05) is 19.6 Å². The van der Waals surface area contributed by atoms with Crippen LogP contribution in [-0.2, 0) is 10.0 Å².